The Morgan fingerprint density at radius 2 is 1.31 bits per heavy atom. The van der Waals surface area contributed by atoms with E-state index in [9.17, 15) is 9.59 Å². The van der Waals surface area contributed by atoms with Crippen molar-refractivity contribution in [2.45, 2.75) is 13.1 Å². The maximum absolute atomic E-state index is 10.6. The molecule has 0 radical (unpaired) electrons. The molecule has 0 saturated carbocycles. The van der Waals surface area contributed by atoms with Crippen molar-refractivity contribution in [3.8, 4) is 0 Å². The minimum Gasteiger partial charge on any atom is -0.338 e. The second-order valence-electron chi connectivity index (χ2n) is 3.02. The van der Waals surface area contributed by atoms with E-state index < -0.39 is 10.7 Å². The van der Waals surface area contributed by atoms with Gasteiger partial charge in [0.25, 0.3) is 0 Å². The molecule has 0 atom stereocenters. The minimum atomic E-state index is -0.615. The predicted molar refractivity (Wildman–Crippen MR) is 62.6 cm³/mol. The number of rotatable bonds is 4. The third-order valence-corrected chi connectivity index (χ3v) is 2.22. The quantitative estimate of drug-likeness (QED) is 0.646. The summed E-state index contributed by atoms with van der Waals surface area (Å²) in [4.78, 5) is 21.1. The largest absolute Gasteiger partial charge is 0.338 e. The van der Waals surface area contributed by atoms with Crippen molar-refractivity contribution in [1.82, 2.24) is 10.6 Å². The van der Waals surface area contributed by atoms with E-state index in [1.54, 1.807) is 0 Å². The zero-order valence-electron chi connectivity index (χ0n) is 8.30. The topological polar surface area (TPSA) is 58.2 Å². The van der Waals surface area contributed by atoms with Gasteiger partial charge < -0.3 is 10.6 Å². The smallest absolute Gasteiger partial charge is 0.314 e. The molecule has 0 aliphatic carbocycles. The Balaban J connectivity index is 2.67. The summed E-state index contributed by atoms with van der Waals surface area (Å²) < 4.78 is 0. The highest BCUT2D eigenvalue weighted by molar-refractivity contribution is 6.63. The molecule has 0 unspecified atom stereocenters. The molecule has 0 aliphatic heterocycles. The molecular weight excluding hydrogens is 251 g/mol. The van der Waals surface area contributed by atoms with Crippen LogP contribution in [0, 0.1) is 0 Å². The Kier molecular flexibility index (Phi) is 5.08. The van der Waals surface area contributed by atoms with Crippen LogP contribution in [0.5, 0.6) is 0 Å². The zero-order chi connectivity index (χ0) is 12.0. The molecule has 4 nitrogen and oxygen atoms in total. The van der Waals surface area contributed by atoms with Crippen LogP contribution in [0.2, 0.25) is 0 Å². The first-order chi connectivity index (χ1) is 7.59. The van der Waals surface area contributed by atoms with Gasteiger partial charge in [-0.2, -0.15) is 0 Å². The van der Waals surface area contributed by atoms with Crippen molar-refractivity contribution >= 4 is 33.9 Å². The van der Waals surface area contributed by atoms with Gasteiger partial charge in [0, 0.05) is 13.1 Å². The number of halogens is 2. The number of nitrogens with one attached hydrogen (secondary N) is 2. The van der Waals surface area contributed by atoms with Crippen molar-refractivity contribution in [1.29, 1.82) is 0 Å². The van der Waals surface area contributed by atoms with Crippen LogP contribution in [0.1, 0.15) is 11.1 Å². The predicted octanol–water partition coefficient (Wildman–Crippen LogP) is 2.58. The lowest BCUT2D eigenvalue weighted by atomic mass is 10.1. The third kappa shape index (κ3) is 4.51. The SMILES string of the molecule is O=C(Cl)NCc1ccccc1CNC(=O)Cl. The molecule has 1 aromatic rings. The Morgan fingerprint density at radius 1 is 0.938 bits per heavy atom. The first-order valence-corrected chi connectivity index (χ1v) is 5.28. The first kappa shape index (κ1) is 12.8. The lowest BCUT2D eigenvalue weighted by Gasteiger charge is -2.09. The molecule has 2 N–H and O–H groups in total. The minimum absolute atomic E-state index is 0.316. The molecule has 0 saturated heterocycles. The first-order valence-electron chi connectivity index (χ1n) is 4.53. The summed E-state index contributed by atoms with van der Waals surface area (Å²) >= 11 is 10.3. The highest BCUT2D eigenvalue weighted by atomic mass is 35.5. The molecule has 6 heteroatoms. The molecule has 0 spiro atoms. The van der Waals surface area contributed by atoms with Crippen molar-refractivity contribution in [3.63, 3.8) is 0 Å². The van der Waals surface area contributed by atoms with E-state index in [1.807, 2.05) is 24.3 Å². The van der Waals surface area contributed by atoms with Gasteiger partial charge in [-0.15, -0.1) is 0 Å². The van der Waals surface area contributed by atoms with E-state index in [0.29, 0.717) is 13.1 Å². The molecule has 2 amide bonds. The molecule has 1 aromatic carbocycles. The van der Waals surface area contributed by atoms with Crippen LogP contribution in [-0.2, 0) is 13.1 Å². The number of hydrogen-bond donors (Lipinski definition) is 2. The third-order valence-electron chi connectivity index (χ3n) is 1.95. The summed E-state index contributed by atoms with van der Waals surface area (Å²) in [5, 5.41) is 3.71. The van der Waals surface area contributed by atoms with Gasteiger partial charge in [0.2, 0.25) is 0 Å². The van der Waals surface area contributed by atoms with Crippen molar-refractivity contribution < 1.29 is 9.59 Å². The lowest BCUT2D eigenvalue weighted by molar-refractivity contribution is 0.258. The summed E-state index contributed by atoms with van der Waals surface area (Å²) in [7, 11) is 0. The van der Waals surface area contributed by atoms with E-state index in [-0.39, 0.29) is 0 Å². The maximum atomic E-state index is 10.6. The Labute approximate surface area is 103 Å². The highest BCUT2D eigenvalue weighted by Crippen LogP contribution is 2.08. The fraction of sp³-hybridized carbons (Fsp3) is 0.200. The van der Waals surface area contributed by atoms with Gasteiger partial charge >= 0.3 is 10.7 Å². The van der Waals surface area contributed by atoms with Crippen LogP contribution in [-0.4, -0.2) is 10.7 Å². The van der Waals surface area contributed by atoms with Crippen LogP contribution in [0.15, 0.2) is 24.3 Å². The van der Waals surface area contributed by atoms with Gasteiger partial charge in [-0.25, -0.2) is 0 Å². The van der Waals surface area contributed by atoms with Crippen LogP contribution in [0.25, 0.3) is 0 Å². The van der Waals surface area contributed by atoms with Crippen LogP contribution in [0.4, 0.5) is 9.59 Å². The summed E-state index contributed by atoms with van der Waals surface area (Å²) in [5.74, 6) is 0. The van der Waals surface area contributed by atoms with Crippen molar-refractivity contribution in [3.05, 3.63) is 35.4 Å². The van der Waals surface area contributed by atoms with Gasteiger partial charge in [-0.05, 0) is 34.3 Å². The van der Waals surface area contributed by atoms with E-state index >= 15 is 0 Å². The Morgan fingerprint density at radius 3 is 1.62 bits per heavy atom. The summed E-state index contributed by atoms with van der Waals surface area (Å²) in [6.45, 7) is 0.632. The molecule has 86 valence electrons. The monoisotopic (exact) mass is 260 g/mol. The summed E-state index contributed by atoms with van der Waals surface area (Å²) in [6, 6.07) is 7.34. The number of carbonyl (C=O) groups is 2. The van der Waals surface area contributed by atoms with Gasteiger partial charge in [0.1, 0.15) is 0 Å². The zero-order valence-corrected chi connectivity index (χ0v) is 9.81. The Bertz CT molecular complexity index is 359. The number of amides is 2. The molecule has 16 heavy (non-hydrogen) atoms. The fourth-order valence-electron chi connectivity index (χ4n) is 1.23. The average Bonchev–Trinajstić information content (AvgIpc) is 2.24. The summed E-state index contributed by atoms with van der Waals surface area (Å²) in [5.41, 5.74) is 1.75. The van der Waals surface area contributed by atoms with Crippen molar-refractivity contribution in [2.24, 2.45) is 0 Å². The maximum Gasteiger partial charge on any atom is 0.314 e. The van der Waals surface area contributed by atoms with E-state index in [4.69, 9.17) is 23.2 Å². The molecule has 0 bridgehead atoms. The molecular formula is C10H10Cl2N2O2. The number of benzene rings is 1. The lowest BCUT2D eigenvalue weighted by Crippen LogP contribution is -2.20. The molecule has 0 aromatic heterocycles. The van der Waals surface area contributed by atoms with Crippen LogP contribution >= 0.6 is 23.2 Å². The van der Waals surface area contributed by atoms with E-state index in [1.165, 1.54) is 0 Å². The van der Waals surface area contributed by atoms with Gasteiger partial charge in [-0.1, -0.05) is 24.3 Å². The van der Waals surface area contributed by atoms with Gasteiger partial charge in [0.05, 0.1) is 0 Å². The van der Waals surface area contributed by atoms with Crippen LogP contribution in [0.3, 0.4) is 0 Å². The second kappa shape index (κ2) is 6.35. The number of carbonyl (C=O) groups excluding carboxylic acids is 2. The highest BCUT2D eigenvalue weighted by Gasteiger charge is 2.03. The Hall–Kier alpha value is -1.26. The molecule has 0 fully saturated rings. The normalized spacial score (nSPS) is 9.62. The molecule has 1 rings (SSSR count). The standard InChI is InChI=1S/C10H10Cl2N2O2/c11-9(15)13-5-7-3-1-2-4-8(7)6-14-10(12)16/h1-4H,5-6H2,(H,13,15)(H,14,16). The van der Waals surface area contributed by atoms with Gasteiger partial charge in [0.15, 0.2) is 0 Å². The van der Waals surface area contributed by atoms with Crippen LogP contribution < -0.4 is 10.6 Å². The average molecular weight is 261 g/mol. The van der Waals surface area contributed by atoms with Gasteiger partial charge in [-0.3, -0.25) is 9.59 Å². The summed E-state index contributed by atoms with van der Waals surface area (Å²) in [6.07, 6.45) is 0. The van der Waals surface area contributed by atoms with E-state index in [2.05, 4.69) is 10.6 Å². The van der Waals surface area contributed by atoms with Crippen molar-refractivity contribution in [2.75, 3.05) is 0 Å². The molecule has 0 heterocycles. The fourth-order valence-corrected chi connectivity index (χ4v) is 1.37. The molecule has 0 aliphatic rings. The number of hydrogen-bond acceptors (Lipinski definition) is 2. The van der Waals surface area contributed by atoms with E-state index in [0.717, 1.165) is 11.1 Å². The second-order valence-corrected chi connectivity index (χ2v) is 3.71.